The van der Waals surface area contributed by atoms with E-state index in [0.29, 0.717) is 0 Å². The number of rotatable bonds is 6. The monoisotopic (exact) mass is 357 g/mol. The molecule has 1 aromatic carbocycles. The van der Waals surface area contributed by atoms with E-state index >= 15 is 0 Å². The Morgan fingerprint density at radius 2 is 1.67 bits per heavy atom. The maximum atomic E-state index is 5.34. The second-order valence-corrected chi connectivity index (χ2v) is 5.58. The maximum Gasteiger partial charge on any atom is 0.160 e. The summed E-state index contributed by atoms with van der Waals surface area (Å²) in [5.74, 6) is 1.62. The second-order valence-electron chi connectivity index (χ2n) is 5.58. The van der Waals surface area contributed by atoms with Crippen molar-refractivity contribution in [3.63, 3.8) is 0 Å². The van der Waals surface area contributed by atoms with Gasteiger partial charge in [-0.25, -0.2) is 0 Å². The highest BCUT2D eigenvalue weighted by Gasteiger charge is 2.11. The zero-order valence-electron chi connectivity index (χ0n) is 13.2. The van der Waals surface area contributed by atoms with Crippen LogP contribution in [0.3, 0.4) is 0 Å². The minimum Gasteiger partial charge on any atom is -0.493 e. The van der Waals surface area contributed by atoms with Crippen molar-refractivity contribution in [3.05, 3.63) is 23.8 Å². The molecule has 0 aliphatic heterocycles. The van der Waals surface area contributed by atoms with Gasteiger partial charge >= 0.3 is 0 Å². The summed E-state index contributed by atoms with van der Waals surface area (Å²) in [7, 11) is 3.36. The number of hydrogen-bond donors (Lipinski definition) is 1. The third kappa shape index (κ3) is 5.87. The van der Waals surface area contributed by atoms with Gasteiger partial charge in [-0.1, -0.05) is 31.7 Å². The van der Waals surface area contributed by atoms with Crippen LogP contribution in [0.2, 0.25) is 0 Å². The van der Waals surface area contributed by atoms with Gasteiger partial charge in [0.25, 0.3) is 0 Å². The van der Waals surface area contributed by atoms with Gasteiger partial charge < -0.3 is 14.8 Å². The lowest BCUT2D eigenvalue weighted by Crippen LogP contribution is -2.30. The minimum absolute atomic E-state index is 0. The number of methoxy groups -OCH3 is 2. The van der Waals surface area contributed by atoms with Crippen LogP contribution in [-0.4, -0.2) is 26.8 Å². The van der Waals surface area contributed by atoms with Crippen LogP contribution in [-0.2, 0) is 6.42 Å². The zero-order chi connectivity index (χ0) is 14.2. The molecule has 3 nitrogen and oxygen atoms in total. The first-order valence-corrected chi connectivity index (χ1v) is 7.78. The molecule has 0 saturated heterocycles. The standard InChI is InChI=1S/C17H27NO2.BrH/c1-19-16-10-9-14(13-17(16)20-2)11-12-18-15-7-5-3-4-6-8-15;/h9-10,13,15,18H,3-8,11-12H2,1-2H3;1H. The summed E-state index contributed by atoms with van der Waals surface area (Å²) in [6.45, 7) is 1.04. The van der Waals surface area contributed by atoms with Crippen LogP contribution < -0.4 is 14.8 Å². The van der Waals surface area contributed by atoms with E-state index in [1.54, 1.807) is 14.2 Å². The van der Waals surface area contributed by atoms with Crippen LogP contribution in [0.5, 0.6) is 11.5 Å². The van der Waals surface area contributed by atoms with Gasteiger partial charge in [0.05, 0.1) is 14.2 Å². The fourth-order valence-corrected chi connectivity index (χ4v) is 2.94. The molecule has 1 aliphatic rings. The van der Waals surface area contributed by atoms with Crippen molar-refractivity contribution in [2.45, 2.75) is 51.0 Å². The lowest BCUT2D eigenvalue weighted by atomic mass is 10.1. The van der Waals surface area contributed by atoms with Crippen LogP contribution in [0.15, 0.2) is 18.2 Å². The Balaban J connectivity index is 0.00000220. The first-order chi connectivity index (χ1) is 9.83. The number of ether oxygens (including phenoxy) is 2. The normalized spacial score (nSPS) is 15.9. The number of benzene rings is 1. The summed E-state index contributed by atoms with van der Waals surface area (Å²) >= 11 is 0. The van der Waals surface area contributed by atoms with E-state index in [9.17, 15) is 0 Å². The Morgan fingerprint density at radius 3 is 2.29 bits per heavy atom. The van der Waals surface area contributed by atoms with Crippen LogP contribution >= 0.6 is 17.0 Å². The lowest BCUT2D eigenvalue weighted by Gasteiger charge is -2.16. The smallest absolute Gasteiger partial charge is 0.160 e. The Hall–Kier alpha value is -0.740. The molecular weight excluding hydrogens is 330 g/mol. The van der Waals surface area contributed by atoms with Crippen LogP contribution in [0.25, 0.3) is 0 Å². The third-order valence-electron chi connectivity index (χ3n) is 4.15. The van der Waals surface area contributed by atoms with Crippen molar-refractivity contribution < 1.29 is 9.47 Å². The molecule has 0 radical (unpaired) electrons. The number of hydrogen-bond acceptors (Lipinski definition) is 3. The van der Waals surface area contributed by atoms with Gasteiger partial charge in [-0.05, 0) is 43.5 Å². The van der Waals surface area contributed by atoms with E-state index in [2.05, 4.69) is 17.4 Å². The molecule has 1 fully saturated rings. The van der Waals surface area contributed by atoms with Crippen molar-refractivity contribution in [2.24, 2.45) is 0 Å². The summed E-state index contributed by atoms with van der Waals surface area (Å²) in [6, 6.07) is 6.90. The Morgan fingerprint density at radius 1 is 1.00 bits per heavy atom. The van der Waals surface area contributed by atoms with Crippen molar-refractivity contribution in [1.29, 1.82) is 0 Å². The van der Waals surface area contributed by atoms with Crippen molar-refractivity contribution in [3.8, 4) is 11.5 Å². The molecule has 2 rings (SSSR count). The molecule has 1 aliphatic carbocycles. The SMILES string of the molecule is Br.COc1ccc(CCNC2CCCCCC2)cc1OC. The highest BCUT2D eigenvalue weighted by molar-refractivity contribution is 8.93. The van der Waals surface area contributed by atoms with Crippen molar-refractivity contribution in [2.75, 3.05) is 20.8 Å². The van der Waals surface area contributed by atoms with Gasteiger partial charge in [0.2, 0.25) is 0 Å². The van der Waals surface area contributed by atoms with Gasteiger partial charge in [0.1, 0.15) is 0 Å². The Labute approximate surface area is 139 Å². The van der Waals surface area contributed by atoms with Crippen LogP contribution in [0, 0.1) is 0 Å². The van der Waals surface area contributed by atoms with Crippen molar-refractivity contribution in [1.82, 2.24) is 5.32 Å². The fraction of sp³-hybridized carbons (Fsp3) is 0.647. The maximum absolute atomic E-state index is 5.34. The largest absolute Gasteiger partial charge is 0.493 e. The summed E-state index contributed by atoms with van der Waals surface area (Å²) < 4.78 is 10.6. The molecule has 0 heterocycles. The van der Waals surface area contributed by atoms with Gasteiger partial charge in [-0.15, -0.1) is 17.0 Å². The average Bonchev–Trinajstić information content (AvgIpc) is 2.76. The predicted octanol–water partition coefficient (Wildman–Crippen LogP) is 4.14. The molecule has 0 aromatic heterocycles. The Kier molecular flexibility index (Phi) is 8.77. The van der Waals surface area contributed by atoms with E-state index in [4.69, 9.17) is 9.47 Å². The molecule has 0 atom stereocenters. The molecule has 0 spiro atoms. The van der Waals surface area contributed by atoms with E-state index in [1.165, 1.54) is 44.1 Å². The molecule has 120 valence electrons. The summed E-state index contributed by atoms with van der Waals surface area (Å²) in [4.78, 5) is 0. The molecule has 1 aromatic rings. The quantitative estimate of drug-likeness (QED) is 0.776. The van der Waals surface area contributed by atoms with Gasteiger partial charge in [0, 0.05) is 6.04 Å². The van der Waals surface area contributed by atoms with Gasteiger partial charge in [-0.2, -0.15) is 0 Å². The number of nitrogens with one attached hydrogen (secondary N) is 1. The molecule has 1 saturated carbocycles. The third-order valence-corrected chi connectivity index (χ3v) is 4.15. The topological polar surface area (TPSA) is 30.5 Å². The van der Waals surface area contributed by atoms with Crippen molar-refractivity contribution >= 4 is 17.0 Å². The van der Waals surface area contributed by atoms with Crippen LogP contribution in [0.1, 0.15) is 44.1 Å². The lowest BCUT2D eigenvalue weighted by molar-refractivity contribution is 0.354. The summed E-state index contributed by atoms with van der Waals surface area (Å²) in [5, 5.41) is 3.70. The molecular formula is C17H28BrNO2. The fourth-order valence-electron chi connectivity index (χ4n) is 2.94. The van der Waals surface area contributed by atoms with E-state index in [0.717, 1.165) is 30.5 Å². The average molecular weight is 358 g/mol. The van der Waals surface area contributed by atoms with E-state index in [1.807, 2.05) is 6.07 Å². The highest BCUT2D eigenvalue weighted by Crippen LogP contribution is 2.27. The predicted molar refractivity (Wildman–Crippen MR) is 93.1 cm³/mol. The molecule has 21 heavy (non-hydrogen) atoms. The van der Waals surface area contributed by atoms with E-state index < -0.39 is 0 Å². The molecule has 1 N–H and O–H groups in total. The van der Waals surface area contributed by atoms with Gasteiger partial charge in [-0.3, -0.25) is 0 Å². The first-order valence-electron chi connectivity index (χ1n) is 7.78. The molecule has 4 heteroatoms. The Bertz CT molecular complexity index is 404. The summed E-state index contributed by atoms with van der Waals surface area (Å²) in [6.07, 6.45) is 9.30. The highest BCUT2D eigenvalue weighted by atomic mass is 79.9. The van der Waals surface area contributed by atoms with Gasteiger partial charge in [0.15, 0.2) is 11.5 Å². The minimum atomic E-state index is 0. The zero-order valence-corrected chi connectivity index (χ0v) is 14.9. The molecule has 0 bridgehead atoms. The molecule has 0 amide bonds. The van der Waals surface area contributed by atoms with Crippen LogP contribution in [0.4, 0.5) is 0 Å². The summed E-state index contributed by atoms with van der Waals surface area (Å²) in [5.41, 5.74) is 1.30. The number of halogens is 1. The van der Waals surface area contributed by atoms with E-state index in [-0.39, 0.29) is 17.0 Å². The first kappa shape index (κ1) is 18.3. The second kappa shape index (κ2) is 10.1. The molecule has 0 unspecified atom stereocenters.